The summed E-state index contributed by atoms with van der Waals surface area (Å²) in [5.74, 6) is 2.92. The Hall–Kier alpha value is 0.0900. The first-order valence-corrected chi connectivity index (χ1v) is 9.80. The van der Waals surface area contributed by atoms with E-state index in [-0.39, 0.29) is 0 Å². The zero-order chi connectivity index (χ0) is 16.3. The molecule has 0 aliphatic heterocycles. The van der Waals surface area contributed by atoms with Gasteiger partial charge in [-0.1, -0.05) is 92.2 Å². The molecule has 0 saturated heterocycles. The van der Waals surface area contributed by atoms with E-state index in [9.17, 15) is 0 Å². The van der Waals surface area contributed by atoms with E-state index < -0.39 is 0 Å². The molecule has 0 saturated carbocycles. The van der Waals surface area contributed by atoms with Crippen LogP contribution in [-0.4, -0.2) is 5.25 Å². The summed E-state index contributed by atoms with van der Waals surface area (Å²) in [5, 5.41) is 0.546. The van der Waals surface area contributed by atoms with Gasteiger partial charge in [0.1, 0.15) is 0 Å². The van der Waals surface area contributed by atoms with Gasteiger partial charge in [-0.2, -0.15) is 12.6 Å². The molecule has 21 heavy (non-hydrogen) atoms. The van der Waals surface area contributed by atoms with Crippen molar-refractivity contribution in [1.29, 1.82) is 0 Å². The zero-order valence-electron chi connectivity index (χ0n) is 15.4. The molecule has 0 fully saturated rings. The third-order valence-electron chi connectivity index (χ3n) is 5.22. The van der Waals surface area contributed by atoms with Gasteiger partial charge in [-0.05, 0) is 30.1 Å². The number of rotatable bonds is 12. The minimum absolute atomic E-state index is 0.546. The van der Waals surface area contributed by atoms with Crippen LogP contribution in [0.1, 0.15) is 86.5 Å². The van der Waals surface area contributed by atoms with Crippen molar-refractivity contribution < 1.29 is 0 Å². The summed E-state index contributed by atoms with van der Waals surface area (Å²) in [5.41, 5.74) is 0. The second-order valence-electron chi connectivity index (χ2n) is 7.21. The van der Waals surface area contributed by atoms with Crippen LogP contribution in [0, 0.1) is 23.7 Å². The van der Waals surface area contributed by atoms with Crippen molar-refractivity contribution in [2.75, 3.05) is 0 Å². The Morgan fingerprint density at radius 3 is 2.00 bits per heavy atom. The molecule has 0 amide bonds. The Balaban J connectivity index is 3.88. The summed E-state index contributed by atoms with van der Waals surface area (Å²) in [7, 11) is 0. The molecule has 0 aromatic carbocycles. The minimum Gasteiger partial charge on any atom is -0.176 e. The summed E-state index contributed by atoms with van der Waals surface area (Å²) in [6, 6.07) is 0. The smallest absolute Gasteiger partial charge is 0.00479 e. The van der Waals surface area contributed by atoms with Crippen molar-refractivity contribution in [2.45, 2.75) is 91.7 Å². The SMILES string of the molecule is CCC(C)C=CC(C)C(C)C(S)CCCCCC(C)CC. The number of hydrogen-bond acceptors (Lipinski definition) is 1. The molecular formula is C20H40S. The molecule has 5 unspecified atom stereocenters. The molecule has 0 rings (SSSR count). The van der Waals surface area contributed by atoms with Crippen LogP contribution in [0.25, 0.3) is 0 Å². The molecular weight excluding hydrogens is 272 g/mol. The molecule has 126 valence electrons. The van der Waals surface area contributed by atoms with Crippen molar-refractivity contribution in [3.63, 3.8) is 0 Å². The van der Waals surface area contributed by atoms with Gasteiger partial charge in [0.05, 0.1) is 0 Å². The first kappa shape index (κ1) is 21.1. The van der Waals surface area contributed by atoms with Crippen LogP contribution in [0.4, 0.5) is 0 Å². The molecule has 0 radical (unpaired) electrons. The number of hydrogen-bond donors (Lipinski definition) is 1. The van der Waals surface area contributed by atoms with Crippen LogP contribution in [0.5, 0.6) is 0 Å². The van der Waals surface area contributed by atoms with Crippen molar-refractivity contribution in [2.24, 2.45) is 23.7 Å². The Morgan fingerprint density at radius 1 is 0.810 bits per heavy atom. The number of unbranched alkanes of at least 4 members (excludes halogenated alkanes) is 2. The summed E-state index contributed by atoms with van der Waals surface area (Å²) in [6.07, 6.45) is 14.1. The Morgan fingerprint density at radius 2 is 1.43 bits per heavy atom. The first-order valence-electron chi connectivity index (χ1n) is 9.28. The maximum absolute atomic E-state index is 4.86. The van der Waals surface area contributed by atoms with E-state index in [1.54, 1.807) is 0 Å². The van der Waals surface area contributed by atoms with Gasteiger partial charge >= 0.3 is 0 Å². The molecule has 0 aromatic rings. The Bertz CT molecular complexity index is 259. The van der Waals surface area contributed by atoms with Crippen LogP contribution < -0.4 is 0 Å². The lowest BCUT2D eigenvalue weighted by atomic mass is 9.88. The van der Waals surface area contributed by atoms with Crippen LogP contribution in [-0.2, 0) is 0 Å². The van der Waals surface area contributed by atoms with Gasteiger partial charge in [0, 0.05) is 5.25 Å². The lowest BCUT2D eigenvalue weighted by Crippen LogP contribution is -2.18. The first-order chi connectivity index (χ1) is 9.92. The minimum atomic E-state index is 0.546. The van der Waals surface area contributed by atoms with Gasteiger partial charge in [-0.3, -0.25) is 0 Å². The van der Waals surface area contributed by atoms with Gasteiger partial charge in [0.25, 0.3) is 0 Å². The highest BCUT2D eigenvalue weighted by Crippen LogP contribution is 2.26. The van der Waals surface area contributed by atoms with Gasteiger partial charge in [0.15, 0.2) is 0 Å². The van der Waals surface area contributed by atoms with Crippen LogP contribution in [0.15, 0.2) is 12.2 Å². The fraction of sp³-hybridized carbons (Fsp3) is 0.900. The summed E-state index contributed by atoms with van der Waals surface area (Å²) in [6.45, 7) is 13.9. The fourth-order valence-corrected chi connectivity index (χ4v) is 2.97. The van der Waals surface area contributed by atoms with E-state index in [2.05, 4.69) is 53.7 Å². The van der Waals surface area contributed by atoms with E-state index in [0.717, 1.165) is 5.92 Å². The summed E-state index contributed by atoms with van der Waals surface area (Å²) >= 11 is 4.86. The van der Waals surface area contributed by atoms with Gasteiger partial charge in [-0.15, -0.1) is 0 Å². The van der Waals surface area contributed by atoms with Crippen molar-refractivity contribution in [3.8, 4) is 0 Å². The summed E-state index contributed by atoms with van der Waals surface area (Å²) in [4.78, 5) is 0. The van der Waals surface area contributed by atoms with Gasteiger partial charge in [-0.25, -0.2) is 0 Å². The van der Waals surface area contributed by atoms with E-state index in [4.69, 9.17) is 12.6 Å². The average Bonchev–Trinajstić information content (AvgIpc) is 2.50. The molecule has 0 spiro atoms. The molecule has 0 bridgehead atoms. The molecule has 0 aromatic heterocycles. The second-order valence-corrected chi connectivity index (χ2v) is 7.87. The molecule has 5 atom stereocenters. The predicted molar refractivity (Wildman–Crippen MR) is 102 cm³/mol. The third-order valence-corrected chi connectivity index (χ3v) is 5.95. The maximum Gasteiger partial charge on any atom is 0.00479 e. The van der Waals surface area contributed by atoms with E-state index >= 15 is 0 Å². The summed E-state index contributed by atoms with van der Waals surface area (Å²) < 4.78 is 0. The molecule has 0 nitrogen and oxygen atoms in total. The van der Waals surface area contributed by atoms with Crippen LogP contribution in [0.2, 0.25) is 0 Å². The highest BCUT2D eigenvalue weighted by atomic mass is 32.1. The largest absolute Gasteiger partial charge is 0.176 e. The van der Waals surface area contributed by atoms with E-state index in [1.807, 2.05) is 0 Å². The fourth-order valence-electron chi connectivity index (χ4n) is 2.52. The standard InChI is InChI=1S/C20H40S/c1-7-16(3)12-10-9-11-13-20(21)19(6)18(5)15-14-17(4)8-2/h14-21H,7-13H2,1-6H3. The van der Waals surface area contributed by atoms with Crippen LogP contribution in [0.3, 0.4) is 0 Å². The molecule has 0 heterocycles. The van der Waals surface area contributed by atoms with Crippen molar-refractivity contribution in [3.05, 3.63) is 12.2 Å². The van der Waals surface area contributed by atoms with E-state index in [0.29, 0.717) is 23.0 Å². The quantitative estimate of drug-likeness (QED) is 0.221. The molecule has 0 aliphatic rings. The van der Waals surface area contributed by atoms with Gasteiger partial charge < -0.3 is 0 Å². The van der Waals surface area contributed by atoms with E-state index in [1.165, 1.54) is 44.9 Å². The monoisotopic (exact) mass is 312 g/mol. The zero-order valence-corrected chi connectivity index (χ0v) is 16.3. The maximum atomic E-state index is 4.86. The Kier molecular flexibility index (Phi) is 12.7. The highest BCUT2D eigenvalue weighted by molar-refractivity contribution is 7.81. The lowest BCUT2D eigenvalue weighted by molar-refractivity contribution is 0.411. The number of thiol groups is 1. The average molecular weight is 313 g/mol. The highest BCUT2D eigenvalue weighted by Gasteiger charge is 2.17. The van der Waals surface area contributed by atoms with Crippen LogP contribution >= 0.6 is 12.6 Å². The van der Waals surface area contributed by atoms with Gasteiger partial charge in [0.2, 0.25) is 0 Å². The molecule has 0 N–H and O–H groups in total. The Labute approximate surface area is 140 Å². The second kappa shape index (κ2) is 12.6. The lowest BCUT2D eigenvalue weighted by Gasteiger charge is -2.23. The van der Waals surface area contributed by atoms with Crippen molar-refractivity contribution >= 4 is 12.6 Å². The van der Waals surface area contributed by atoms with Crippen molar-refractivity contribution in [1.82, 2.24) is 0 Å². The third kappa shape index (κ3) is 10.4. The number of allylic oxidation sites excluding steroid dienone is 2. The normalized spacial score (nSPS) is 19.4. The molecule has 0 aliphatic carbocycles. The predicted octanol–water partition coefficient (Wildman–Crippen LogP) is 7.16. The molecule has 1 heteroatoms. The topological polar surface area (TPSA) is 0 Å².